The summed E-state index contributed by atoms with van der Waals surface area (Å²) in [5.74, 6) is -0.239. The molecule has 0 saturated heterocycles. The Morgan fingerprint density at radius 3 is 2.45 bits per heavy atom. The molecule has 0 bridgehead atoms. The fraction of sp³-hybridized carbons (Fsp3) is 0.125. The second-order valence-corrected chi connectivity index (χ2v) is 4.46. The molecule has 0 unspecified atom stereocenters. The van der Waals surface area contributed by atoms with E-state index < -0.39 is 5.78 Å². The van der Waals surface area contributed by atoms with Gasteiger partial charge in [-0.15, -0.1) is 0 Å². The zero-order chi connectivity index (χ0) is 14.5. The van der Waals surface area contributed by atoms with Gasteiger partial charge in [-0.3, -0.25) is 4.79 Å². The third-order valence-corrected chi connectivity index (χ3v) is 2.83. The molecule has 0 spiro atoms. The minimum absolute atomic E-state index is 0.0533. The Morgan fingerprint density at radius 2 is 1.95 bits per heavy atom. The first-order chi connectivity index (χ1) is 9.61. The number of allylic oxidation sites excluding steroid dienone is 1. The number of nitriles is 1. The minimum atomic E-state index is -0.408. The number of carbonyl (C=O) groups is 1. The van der Waals surface area contributed by atoms with Gasteiger partial charge in [0.15, 0.2) is 5.76 Å². The summed E-state index contributed by atoms with van der Waals surface area (Å²) < 4.78 is 5.02. The number of carbonyl (C=O) groups excluding carboxylic acids is 1. The van der Waals surface area contributed by atoms with Crippen molar-refractivity contribution in [3.63, 3.8) is 0 Å². The Bertz CT molecular complexity index is 660. The largest absolute Gasteiger partial charge is 0.461 e. The molecule has 2 rings (SSSR count). The highest BCUT2D eigenvalue weighted by molar-refractivity contribution is 6.12. The van der Waals surface area contributed by atoms with Gasteiger partial charge in [0.05, 0.1) is 6.26 Å². The van der Waals surface area contributed by atoms with E-state index in [1.807, 2.05) is 49.3 Å². The molecule has 0 saturated carbocycles. The van der Waals surface area contributed by atoms with Crippen LogP contribution in [-0.2, 0) is 0 Å². The van der Waals surface area contributed by atoms with E-state index in [-0.39, 0.29) is 11.3 Å². The Hall–Kier alpha value is -2.80. The second-order valence-electron chi connectivity index (χ2n) is 4.46. The highest BCUT2D eigenvalue weighted by atomic mass is 16.3. The van der Waals surface area contributed by atoms with Crippen molar-refractivity contribution in [2.75, 3.05) is 19.0 Å². The molecular formula is C16H14N2O2. The van der Waals surface area contributed by atoms with Crippen molar-refractivity contribution in [1.82, 2.24) is 0 Å². The average Bonchev–Trinajstić information content (AvgIpc) is 2.98. The molecule has 4 nitrogen and oxygen atoms in total. The van der Waals surface area contributed by atoms with Crippen molar-refractivity contribution >= 4 is 17.5 Å². The lowest BCUT2D eigenvalue weighted by atomic mass is 10.1. The zero-order valence-corrected chi connectivity index (χ0v) is 11.3. The third-order valence-electron chi connectivity index (χ3n) is 2.83. The van der Waals surface area contributed by atoms with Crippen LogP contribution in [-0.4, -0.2) is 19.9 Å². The molecule has 0 fully saturated rings. The van der Waals surface area contributed by atoms with Crippen LogP contribution in [0.4, 0.5) is 5.69 Å². The number of nitrogens with zero attached hydrogens (tertiary/aromatic N) is 2. The maximum atomic E-state index is 12.0. The maximum absolute atomic E-state index is 12.0. The SMILES string of the molecule is CN(C)c1ccc(/C=C(/C#N)C(=O)c2ccco2)cc1. The van der Waals surface area contributed by atoms with Crippen LogP contribution in [0.1, 0.15) is 16.1 Å². The standard InChI is InChI=1S/C16H14N2O2/c1-18(2)14-7-5-12(6-8-14)10-13(11-17)16(19)15-4-3-9-20-15/h3-10H,1-2H3/b13-10-. The molecule has 1 aromatic carbocycles. The lowest BCUT2D eigenvalue weighted by Gasteiger charge is -2.11. The number of hydrogen-bond donors (Lipinski definition) is 0. The summed E-state index contributed by atoms with van der Waals surface area (Å²) in [7, 11) is 3.90. The lowest BCUT2D eigenvalue weighted by molar-refractivity contribution is 0.101. The van der Waals surface area contributed by atoms with Gasteiger partial charge < -0.3 is 9.32 Å². The molecule has 4 heteroatoms. The topological polar surface area (TPSA) is 57.2 Å². The van der Waals surface area contributed by atoms with E-state index in [0.717, 1.165) is 11.3 Å². The molecule has 1 aromatic heterocycles. The number of rotatable bonds is 4. The number of ketones is 1. The van der Waals surface area contributed by atoms with Crippen molar-refractivity contribution in [2.45, 2.75) is 0 Å². The minimum Gasteiger partial charge on any atom is -0.461 e. The van der Waals surface area contributed by atoms with E-state index in [0.29, 0.717) is 0 Å². The molecule has 0 aliphatic rings. The highest BCUT2D eigenvalue weighted by Crippen LogP contribution is 2.16. The molecule has 0 radical (unpaired) electrons. The van der Waals surface area contributed by atoms with E-state index in [1.165, 1.54) is 6.26 Å². The van der Waals surface area contributed by atoms with Crippen LogP contribution in [0.5, 0.6) is 0 Å². The summed E-state index contributed by atoms with van der Waals surface area (Å²) in [5.41, 5.74) is 1.91. The van der Waals surface area contributed by atoms with Gasteiger partial charge in [0.25, 0.3) is 0 Å². The summed E-state index contributed by atoms with van der Waals surface area (Å²) in [5, 5.41) is 9.11. The normalized spacial score (nSPS) is 10.9. The third kappa shape index (κ3) is 2.96. The number of Topliss-reactive ketones (excluding diaryl/α,β-unsaturated/α-hetero) is 1. The number of hydrogen-bond acceptors (Lipinski definition) is 4. The predicted octanol–water partition coefficient (Wildman–Crippen LogP) is 3.14. The molecule has 0 atom stereocenters. The second kappa shape index (κ2) is 5.89. The molecule has 0 aliphatic carbocycles. The Morgan fingerprint density at radius 1 is 1.25 bits per heavy atom. The number of furan rings is 1. The fourth-order valence-corrected chi connectivity index (χ4v) is 1.72. The van der Waals surface area contributed by atoms with Crippen molar-refractivity contribution in [3.8, 4) is 6.07 Å². The van der Waals surface area contributed by atoms with E-state index in [4.69, 9.17) is 9.68 Å². The van der Waals surface area contributed by atoms with Crippen molar-refractivity contribution < 1.29 is 9.21 Å². The molecule has 0 N–H and O–H groups in total. The molecule has 1 heterocycles. The van der Waals surface area contributed by atoms with E-state index in [2.05, 4.69) is 0 Å². The van der Waals surface area contributed by atoms with Crippen molar-refractivity contribution in [2.24, 2.45) is 0 Å². The fourth-order valence-electron chi connectivity index (χ4n) is 1.72. The molecule has 100 valence electrons. The zero-order valence-electron chi connectivity index (χ0n) is 11.3. The van der Waals surface area contributed by atoms with Crippen LogP contribution in [0.25, 0.3) is 6.08 Å². The Labute approximate surface area is 117 Å². The monoisotopic (exact) mass is 266 g/mol. The van der Waals surface area contributed by atoms with Crippen LogP contribution in [0.3, 0.4) is 0 Å². The first-order valence-electron chi connectivity index (χ1n) is 6.09. The smallest absolute Gasteiger partial charge is 0.238 e. The van der Waals surface area contributed by atoms with Gasteiger partial charge in [0.1, 0.15) is 11.6 Å². The van der Waals surface area contributed by atoms with Crippen molar-refractivity contribution in [3.05, 3.63) is 59.6 Å². The van der Waals surface area contributed by atoms with Gasteiger partial charge in [0, 0.05) is 19.8 Å². The van der Waals surface area contributed by atoms with Crippen LogP contribution < -0.4 is 4.90 Å². The highest BCUT2D eigenvalue weighted by Gasteiger charge is 2.14. The summed E-state index contributed by atoms with van der Waals surface area (Å²) in [4.78, 5) is 14.0. The van der Waals surface area contributed by atoms with Crippen LogP contribution in [0, 0.1) is 11.3 Å². The van der Waals surface area contributed by atoms with Gasteiger partial charge in [-0.2, -0.15) is 5.26 Å². The predicted molar refractivity (Wildman–Crippen MR) is 77.4 cm³/mol. The number of benzene rings is 1. The summed E-state index contributed by atoms with van der Waals surface area (Å²) in [6.07, 6.45) is 2.97. The van der Waals surface area contributed by atoms with E-state index in [1.54, 1.807) is 18.2 Å². The molecule has 0 amide bonds. The lowest BCUT2D eigenvalue weighted by Crippen LogP contribution is -2.08. The summed E-state index contributed by atoms with van der Waals surface area (Å²) in [6.45, 7) is 0. The van der Waals surface area contributed by atoms with Gasteiger partial charge in [-0.1, -0.05) is 12.1 Å². The Balaban J connectivity index is 2.28. The first kappa shape index (κ1) is 13.6. The molecular weight excluding hydrogens is 252 g/mol. The van der Waals surface area contributed by atoms with Gasteiger partial charge in [-0.05, 0) is 35.9 Å². The van der Waals surface area contributed by atoms with E-state index in [9.17, 15) is 4.79 Å². The van der Waals surface area contributed by atoms with Crippen LogP contribution >= 0.6 is 0 Å². The number of anilines is 1. The van der Waals surface area contributed by atoms with Crippen LogP contribution in [0.2, 0.25) is 0 Å². The average molecular weight is 266 g/mol. The molecule has 0 aliphatic heterocycles. The van der Waals surface area contributed by atoms with Crippen LogP contribution in [0.15, 0.2) is 52.7 Å². The summed E-state index contributed by atoms with van der Waals surface area (Å²) >= 11 is 0. The van der Waals surface area contributed by atoms with E-state index >= 15 is 0 Å². The summed E-state index contributed by atoms with van der Waals surface area (Å²) in [6, 6.07) is 12.7. The van der Waals surface area contributed by atoms with Gasteiger partial charge in [0.2, 0.25) is 5.78 Å². The Kier molecular flexibility index (Phi) is 4.02. The maximum Gasteiger partial charge on any atom is 0.238 e. The molecule has 20 heavy (non-hydrogen) atoms. The van der Waals surface area contributed by atoms with Gasteiger partial charge >= 0.3 is 0 Å². The quantitative estimate of drug-likeness (QED) is 0.484. The van der Waals surface area contributed by atoms with Gasteiger partial charge in [-0.25, -0.2) is 0 Å². The van der Waals surface area contributed by atoms with Crippen molar-refractivity contribution in [1.29, 1.82) is 5.26 Å². The molecule has 2 aromatic rings. The first-order valence-corrected chi connectivity index (χ1v) is 6.09.